The molecule has 0 saturated carbocycles. The second-order valence-electron chi connectivity index (χ2n) is 6.51. The summed E-state index contributed by atoms with van der Waals surface area (Å²) in [6.45, 7) is 6.68. The first-order valence-corrected chi connectivity index (χ1v) is 8.02. The Bertz CT molecular complexity index is 325. The first-order valence-electron chi connectivity index (χ1n) is 8.02. The SMILES string of the molecule is CCN1CCC(CNC(=O)C2CC3CCC2N3)CC1. The molecule has 1 amide bonds. The fourth-order valence-corrected chi connectivity index (χ4v) is 4.00. The van der Waals surface area contributed by atoms with Crippen molar-refractivity contribution in [2.75, 3.05) is 26.2 Å². The van der Waals surface area contributed by atoms with Gasteiger partial charge in [-0.3, -0.25) is 4.79 Å². The average Bonchev–Trinajstić information content (AvgIpc) is 3.08. The first kappa shape index (κ1) is 13.4. The van der Waals surface area contributed by atoms with Crippen LogP contribution in [0.15, 0.2) is 0 Å². The van der Waals surface area contributed by atoms with Gasteiger partial charge in [-0.25, -0.2) is 0 Å². The Labute approximate surface area is 116 Å². The summed E-state index contributed by atoms with van der Waals surface area (Å²) in [7, 11) is 0. The molecule has 4 heteroatoms. The smallest absolute Gasteiger partial charge is 0.224 e. The Balaban J connectivity index is 1.39. The summed E-state index contributed by atoms with van der Waals surface area (Å²) in [6.07, 6.45) is 6.00. The van der Waals surface area contributed by atoms with Crippen molar-refractivity contribution in [1.82, 2.24) is 15.5 Å². The van der Waals surface area contributed by atoms with Gasteiger partial charge in [-0.1, -0.05) is 6.92 Å². The van der Waals surface area contributed by atoms with Crippen molar-refractivity contribution in [3.05, 3.63) is 0 Å². The number of piperidine rings is 1. The molecule has 3 heterocycles. The molecule has 2 bridgehead atoms. The van der Waals surface area contributed by atoms with Gasteiger partial charge in [-0.2, -0.15) is 0 Å². The highest BCUT2D eigenvalue weighted by Gasteiger charge is 2.42. The molecule has 2 N–H and O–H groups in total. The average molecular weight is 265 g/mol. The Morgan fingerprint density at radius 2 is 2.05 bits per heavy atom. The molecule has 3 rings (SSSR count). The van der Waals surface area contributed by atoms with Gasteiger partial charge in [0.05, 0.1) is 5.92 Å². The minimum atomic E-state index is 0.245. The second-order valence-corrected chi connectivity index (χ2v) is 6.51. The van der Waals surface area contributed by atoms with Crippen molar-refractivity contribution >= 4 is 5.91 Å². The highest BCUT2D eigenvalue weighted by molar-refractivity contribution is 5.80. The van der Waals surface area contributed by atoms with Crippen molar-refractivity contribution < 1.29 is 4.79 Å². The van der Waals surface area contributed by atoms with Crippen LogP contribution >= 0.6 is 0 Å². The van der Waals surface area contributed by atoms with Gasteiger partial charge in [0.2, 0.25) is 5.91 Å². The summed E-state index contributed by atoms with van der Waals surface area (Å²) in [5, 5.41) is 6.76. The van der Waals surface area contributed by atoms with Crippen molar-refractivity contribution in [3.63, 3.8) is 0 Å². The zero-order chi connectivity index (χ0) is 13.2. The largest absolute Gasteiger partial charge is 0.356 e. The number of fused-ring (bicyclic) bond motifs is 2. The molecule has 3 aliphatic heterocycles. The highest BCUT2D eigenvalue weighted by Crippen LogP contribution is 2.33. The van der Waals surface area contributed by atoms with Crippen molar-refractivity contribution in [2.24, 2.45) is 11.8 Å². The number of hydrogen-bond acceptors (Lipinski definition) is 3. The molecule has 3 saturated heterocycles. The summed E-state index contributed by atoms with van der Waals surface area (Å²) in [5.41, 5.74) is 0. The lowest BCUT2D eigenvalue weighted by atomic mass is 9.88. The van der Waals surface area contributed by atoms with E-state index in [4.69, 9.17) is 0 Å². The molecule has 3 atom stereocenters. The summed E-state index contributed by atoms with van der Waals surface area (Å²) in [4.78, 5) is 14.7. The number of hydrogen-bond donors (Lipinski definition) is 2. The zero-order valence-corrected chi connectivity index (χ0v) is 12.0. The van der Waals surface area contributed by atoms with Crippen LogP contribution in [0.5, 0.6) is 0 Å². The summed E-state index contributed by atoms with van der Waals surface area (Å²) >= 11 is 0. The minimum Gasteiger partial charge on any atom is -0.356 e. The van der Waals surface area contributed by atoms with E-state index in [0.29, 0.717) is 23.9 Å². The van der Waals surface area contributed by atoms with Crippen LogP contribution in [0.3, 0.4) is 0 Å². The molecule has 0 aliphatic carbocycles. The summed E-state index contributed by atoms with van der Waals surface area (Å²) in [5.74, 6) is 1.24. The summed E-state index contributed by atoms with van der Waals surface area (Å²) in [6, 6.07) is 1.08. The predicted molar refractivity (Wildman–Crippen MR) is 75.9 cm³/mol. The molecule has 0 aromatic carbocycles. The number of carbonyl (C=O) groups excluding carboxylic acids is 1. The van der Waals surface area contributed by atoms with Gasteiger partial charge >= 0.3 is 0 Å². The molecule has 0 spiro atoms. The molecular formula is C15H27N3O. The molecule has 19 heavy (non-hydrogen) atoms. The first-order chi connectivity index (χ1) is 9.26. The third kappa shape index (κ3) is 2.95. The van der Waals surface area contributed by atoms with Gasteiger partial charge < -0.3 is 15.5 Å². The van der Waals surface area contributed by atoms with Crippen molar-refractivity contribution in [1.29, 1.82) is 0 Å². The lowest BCUT2D eigenvalue weighted by Crippen LogP contribution is -2.42. The van der Waals surface area contributed by atoms with Crippen molar-refractivity contribution in [3.8, 4) is 0 Å². The van der Waals surface area contributed by atoms with Gasteiger partial charge in [-0.15, -0.1) is 0 Å². The quantitative estimate of drug-likeness (QED) is 0.796. The van der Waals surface area contributed by atoms with Gasteiger partial charge in [0.1, 0.15) is 0 Å². The Morgan fingerprint density at radius 1 is 1.26 bits per heavy atom. The Kier molecular flexibility index (Phi) is 4.08. The van der Waals surface area contributed by atoms with E-state index < -0.39 is 0 Å². The highest BCUT2D eigenvalue weighted by atomic mass is 16.1. The van der Waals surface area contributed by atoms with E-state index in [0.717, 1.165) is 19.5 Å². The number of likely N-dealkylation sites (tertiary alicyclic amines) is 1. The molecule has 108 valence electrons. The fourth-order valence-electron chi connectivity index (χ4n) is 4.00. The Morgan fingerprint density at radius 3 is 2.63 bits per heavy atom. The monoisotopic (exact) mass is 265 g/mol. The topological polar surface area (TPSA) is 44.4 Å². The van der Waals surface area contributed by atoms with Crippen LogP contribution in [0.2, 0.25) is 0 Å². The number of amides is 1. The minimum absolute atomic E-state index is 0.245. The van der Waals surface area contributed by atoms with Gasteiger partial charge in [0.15, 0.2) is 0 Å². The predicted octanol–water partition coefficient (Wildman–Crippen LogP) is 0.975. The number of rotatable bonds is 4. The van der Waals surface area contributed by atoms with Crippen molar-refractivity contribution in [2.45, 2.75) is 51.1 Å². The second kappa shape index (κ2) is 5.80. The third-order valence-corrected chi connectivity index (χ3v) is 5.36. The fraction of sp³-hybridized carbons (Fsp3) is 0.933. The molecule has 3 unspecified atom stereocenters. The van der Waals surface area contributed by atoms with E-state index in [1.807, 2.05) is 0 Å². The summed E-state index contributed by atoms with van der Waals surface area (Å²) < 4.78 is 0. The van der Waals surface area contributed by atoms with E-state index in [2.05, 4.69) is 22.5 Å². The number of carbonyl (C=O) groups is 1. The van der Waals surface area contributed by atoms with E-state index in [9.17, 15) is 4.79 Å². The van der Waals surface area contributed by atoms with Crippen LogP contribution in [0.25, 0.3) is 0 Å². The lowest BCUT2D eigenvalue weighted by molar-refractivity contribution is -0.125. The zero-order valence-electron chi connectivity index (χ0n) is 12.0. The normalized spacial score (nSPS) is 35.7. The third-order valence-electron chi connectivity index (χ3n) is 5.36. The van der Waals surface area contributed by atoms with Crippen LogP contribution in [0.4, 0.5) is 0 Å². The Hall–Kier alpha value is -0.610. The van der Waals surface area contributed by atoms with Gasteiger partial charge in [0, 0.05) is 18.6 Å². The molecule has 3 fully saturated rings. The maximum absolute atomic E-state index is 12.2. The van der Waals surface area contributed by atoms with Gasteiger partial charge in [0.25, 0.3) is 0 Å². The molecule has 4 nitrogen and oxygen atoms in total. The molecule has 3 aliphatic rings. The van der Waals surface area contributed by atoms with Crippen LogP contribution in [-0.2, 0) is 4.79 Å². The number of nitrogens with one attached hydrogen (secondary N) is 2. The standard InChI is InChI=1S/C15H27N3O/c1-2-18-7-5-11(6-8-18)10-16-15(19)13-9-12-3-4-14(13)17-12/h11-14,17H,2-10H2,1H3,(H,16,19). The number of nitrogens with zero attached hydrogens (tertiary/aromatic N) is 1. The molecule has 0 aromatic rings. The molecule has 0 aromatic heterocycles. The van der Waals surface area contributed by atoms with E-state index >= 15 is 0 Å². The van der Waals surface area contributed by atoms with E-state index in [-0.39, 0.29) is 5.92 Å². The maximum Gasteiger partial charge on any atom is 0.224 e. The molecule has 0 radical (unpaired) electrons. The molecular weight excluding hydrogens is 238 g/mol. The van der Waals surface area contributed by atoms with E-state index in [1.165, 1.54) is 38.8 Å². The van der Waals surface area contributed by atoms with Gasteiger partial charge in [-0.05, 0) is 57.7 Å². The maximum atomic E-state index is 12.2. The van der Waals surface area contributed by atoms with Crippen LogP contribution in [0, 0.1) is 11.8 Å². The van der Waals surface area contributed by atoms with Crippen LogP contribution in [0.1, 0.15) is 39.0 Å². The lowest BCUT2D eigenvalue weighted by Gasteiger charge is -2.31. The van der Waals surface area contributed by atoms with Crippen LogP contribution in [-0.4, -0.2) is 49.1 Å². The van der Waals surface area contributed by atoms with Crippen LogP contribution < -0.4 is 10.6 Å². The van der Waals surface area contributed by atoms with E-state index in [1.54, 1.807) is 0 Å².